The number of hydrogen-bond acceptors (Lipinski definition) is 4. The van der Waals surface area contributed by atoms with Crippen molar-refractivity contribution in [3.63, 3.8) is 0 Å². The van der Waals surface area contributed by atoms with Crippen molar-refractivity contribution in [2.24, 2.45) is 7.05 Å². The Morgan fingerprint density at radius 2 is 1.91 bits per heavy atom. The smallest absolute Gasteiger partial charge is 0.198 e. The van der Waals surface area contributed by atoms with E-state index in [0.717, 1.165) is 42.6 Å². The molecule has 1 aliphatic heterocycles. The average molecular weight is 352 g/mol. The third kappa shape index (κ3) is 3.66. The van der Waals surface area contributed by atoms with Gasteiger partial charge in [-0.3, -0.25) is 9.80 Å². The minimum Gasteiger partial charge on any atom is -0.310 e. The van der Waals surface area contributed by atoms with Crippen molar-refractivity contribution in [2.75, 3.05) is 26.2 Å². The molecule has 7 heteroatoms. The predicted molar refractivity (Wildman–Crippen MR) is 95.0 cm³/mol. The highest BCUT2D eigenvalue weighted by Gasteiger charge is 2.23. The lowest BCUT2D eigenvalue weighted by Gasteiger charge is -2.38. The summed E-state index contributed by atoms with van der Waals surface area (Å²) in [5, 5.41) is 5.17. The summed E-state index contributed by atoms with van der Waals surface area (Å²) in [5.41, 5.74) is 1.20. The van der Waals surface area contributed by atoms with Gasteiger partial charge in [-0.25, -0.2) is 4.68 Å². The molecule has 3 rings (SSSR count). The van der Waals surface area contributed by atoms with Gasteiger partial charge in [0.2, 0.25) is 0 Å². The van der Waals surface area contributed by atoms with Crippen LogP contribution in [0.3, 0.4) is 0 Å². The largest absolute Gasteiger partial charge is 0.310 e. The summed E-state index contributed by atoms with van der Waals surface area (Å²) < 4.78 is 4.50. The molecule has 5 nitrogen and oxygen atoms in total. The van der Waals surface area contributed by atoms with Crippen LogP contribution in [0.5, 0.6) is 0 Å². The Morgan fingerprint density at radius 1 is 1.22 bits per heavy atom. The first-order chi connectivity index (χ1) is 11.1. The molecule has 0 saturated carbocycles. The maximum atomic E-state index is 6.33. The third-order valence-corrected chi connectivity index (χ3v) is 5.37. The second kappa shape index (κ2) is 7.13. The van der Waals surface area contributed by atoms with E-state index in [9.17, 15) is 0 Å². The summed E-state index contributed by atoms with van der Waals surface area (Å²) in [6, 6.07) is 8.45. The van der Waals surface area contributed by atoms with E-state index in [0.29, 0.717) is 6.04 Å². The highest BCUT2D eigenvalue weighted by molar-refractivity contribution is 7.71. The Hall–Kier alpha value is -1.21. The highest BCUT2D eigenvalue weighted by atomic mass is 35.5. The monoisotopic (exact) mass is 351 g/mol. The topological polar surface area (TPSA) is 29.2 Å². The Morgan fingerprint density at radius 3 is 2.52 bits per heavy atom. The fourth-order valence-corrected chi connectivity index (χ4v) is 3.46. The van der Waals surface area contributed by atoms with Crippen LogP contribution in [0.1, 0.15) is 18.5 Å². The first kappa shape index (κ1) is 16.6. The number of halogens is 1. The van der Waals surface area contributed by atoms with Crippen molar-refractivity contribution in [1.29, 1.82) is 0 Å². The molecular weight excluding hydrogens is 330 g/mol. The number of hydrogen-bond donors (Lipinski definition) is 0. The molecule has 23 heavy (non-hydrogen) atoms. The second-order valence-corrected chi connectivity index (χ2v) is 6.79. The van der Waals surface area contributed by atoms with Gasteiger partial charge in [0.15, 0.2) is 4.77 Å². The molecule has 2 aromatic rings. The fraction of sp³-hybridized carbons (Fsp3) is 0.500. The van der Waals surface area contributed by atoms with E-state index < -0.39 is 0 Å². The molecule has 0 bridgehead atoms. The molecule has 0 aliphatic carbocycles. The number of aryl methyl sites for hydroxylation is 1. The quantitative estimate of drug-likeness (QED) is 0.792. The Labute approximate surface area is 147 Å². The van der Waals surface area contributed by atoms with Crippen LogP contribution in [-0.2, 0) is 13.7 Å². The van der Waals surface area contributed by atoms with Gasteiger partial charge in [0.05, 0.1) is 6.67 Å². The molecule has 1 aromatic heterocycles. The Kier molecular flexibility index (Phi) is 5.16. The van der Waals surface area contributed by atoms with E-state index in [-0.39, 0.29) is 0 Å². The third-order valence-electron chi connectivity index (χ3n) is 4.53. The van der Waals surface area contributed by atoms with Gasteiger partial charge in [0.25, 0.3) is 0 Å². The van der Waals surface area contributed by atoms with Gasteiger partial charge in [-0.05, 0) is 30.8 Å². The molecule has 1 aliphatic rings. The second-order valence-electron chi connectivity index (χ2n) is 6.02. The Bertz CT molecular complexity index is 717. The van der Waals surface area contributed by atoms with Crippen molar-refractivity contribution in [3.05, 3.63) is 45.9 Å². The summed E-state index contributed by atoms with van der Waals surface area (Å²) in [6.45, 7) is 7.04. The van der Waals surface area contributed by atoms with Gasteiger partial charge in [0, 0.05) is 44.3 Å². The zero-order valence-electron chi connectivity index (χ0n) is 13.5. The van der Waals surface area contributed by atoms with Crippen LogP contribution in [0.25, 0.3) is 0 Å². The minimum atomic E-state index is 0.336. The van der Waals surface area contributed by atoms with E-state index in [2.05, 4.69) is 34.0 Å². The SMILES string of the molecule is CC(c1ccccc1Cl)N1CCN(Cn2ncn(C)c2=S)CC1. The molecular formula is C16H22ClN5S. The number of piperazine rings is 1. The van der Waals surface area contributed by atoms with Crippen LogP contribution in [0.2, 0.25) is 5.02 Å². The Balaban J connectivity index is 1.59. The lowest BCUT2D eigenvalue weighted by molar-refractivity contribution is 0.0788. The maximum absolute atomic E-state index is 6.33. The lowest BCUT2D eigenvalue weighted by Crippen LogP contribution is -2.47. The number of aromatic nitrogens is 3. The van der Waals surface area contributed by atoms with Gasteiger partial charge in [0.1, 0.15) is 6.33 Å². The van der Waals surface area contributed by atoms with Crippen LogP contribution >= 0.6 is 23.8 Å². The van der Waals surface area contributed by atoms with Crippen molar-refractivity contribution in [2.45, 2.75) is 19.6 Å². The van der Waals surface area contributed by atoms with E-state index in [1.54, 1.807) is 6.33 Å². The van der Waals surface area contributed by atoms with Crippen LogP contribution in [0.15, 0.2) is 30.6 Å². The zero-order chi connectivity index (χ0) is 16.4. The van der Waals surface area contributed by atoms with Crippen LogP contribution in [0, 0.1) is 4.77 Å². The molecule has 124 valence electrons. The molecule has 1 unspecified atom stereocenters. The normalized spacial score (nSPS) is 18.2. The molecule has 1 saturated heterocycles. The standard InChI is InChI=1S/C16H22ClN5S/c1-13(14-5-3-4-6-15(14)17)21-9-7-20(8-10-21)12-22-16(23)19(2)11-18-22/h3-6,11,13H,7-10,12H2,1-2H3. The summed E-state index contributed by atoms with van der Waals surface area (Å²) in [6.07, 6.45) is 1.76. The summed E-state index contributed by atoms with van der Waals surface area (Å²) in [7, 11) is 1.93. The molecule has 0 spiro atoms. The molecule has 1 fully saturated rings. The first-order valence-corrected chi connectivity index (χ1v) is 8.64. The maximum Gasteiger partial charge on any atom is 0.198 e. The lowest BCUT2D eigenvalue weighted by atomic mass is 10.1. The van der Waals surface area contributed by atoms with Gasteiger partial charge in [-0.2, -0.15) is 5.10 Å². The number of benzene rings is 1. The van der Waals surface area contributed by atoms with Crippen molar-refractivity contribution in [3.8, 4) is 0 Å². The van der Waals surface area contributed by atoms with Gasteiger partial charge in [-0.1, -0.05) is 29.8 Å². The molecule has 1 aromatic carbocycles. The summed E-state index contributed by atoms with van der Waals surface area (Å²) in [5.74, 6) is 0. The van der Waals surface area contributed by atoms with Crippen LogP contribution in [-0.4, -0.2) is 50.3 Å². The fourth-order valence-electron chi connectivity index (χ4n) is 3.01. The van der Waals surface area contributed by atoms with Gasteiger partial charge < -0.3 is 4.57 Å². The highest BCUT2D eigenvalue weighted by Crippen LogP contribution is 2.27. The van der Waals surface area contributed by atoms with E-state index in [1.165, 1.54) is 5.56 Å². The molecule has 1 atom stereocenters. The predicted octanol–water partition coefficient (Wildman–Crippen LogP) is 2.94. The average Bonchev–Trinajstić information content (AvgIpc) is 2.87. The first-order valence-electron chi connectivity index (χ1n) is 7.85. The van der Waals surface area contributed by atoms with Gasteiger partial charge in [-0.15, -0.1) is 0 Å². The minimum absolute atomic E-state index is 0.336. The van der Waals surface area contributed by atoms with E-state index in [4.69, 9.17) is 23.8 Å². The van der Waals surface area contributed by atoms with E-state index in [1.807, 2.05) is 28.4 Å². The summed E-state index contributed by atoms with van der Waals surface area (Å²) >= 11 is 11.7. The molecule has 2 heterocycles. The number of rotatable bonds is 4. The van der Waals surface area contributed by atoms with Crippen LogP contribution < -0.4 is 0 Å². The number of nitrogens with zero attached hydrogens (tertiary/aromatic N) is 5. The van der Waals surface area contributed by atoms with Crippen molar-refractivity contribution in [1.82, 2.24) is 24.1 Å². The van der Waals surface area contributed by atoms with Crippen LogP contribution in [0.4, 0.5) is 0 Å². The molecule has 0 N–H and O–H groups in total. The molecule has 0 amide bonds. The summed E-state index contributed by atoms with van der Waals surface area (Å²) in [4.78, 5) is 4.87. The zero-order valence-corrected chi connectivity index (χ0v) is 15.1. The van der Waals surface area contributed by atoms with Gasteiger partial charge >= 0.3 is 0 Å². The van der Waals surface area contributed by atoms with E-state index >= 15 is 0 Å². The van der Waals surface area contributed by atoms with Crippen molar-refractivity contribution >= 4 is 23.8 Å². The van der Waals surface area contributed by atoms with Crippen molar-refractivity contribution < 1.29 is 0 Å². The molecule has 0 radical (unpaired) electrons.